The van der Waals surface area contributed by atoms with Crippen molar-refractivity contribution in [2.75, 3.05) is 12.9 Å². The number of rotatable bonds is 7. The molecule has 0 aliphatic heterocycles. The molecule has 0 fully saturated rings. The van der Waals surface area contributed by atoms with Gasteiger partial charge in [-0.2, -0.15) is 0 Å². The lowest BCUT2D eigenvalue weighted by molar-refractivity contribution is 0.0377. The maximum absolute atomic E-state index is 12.7. The average Bonchev–Trinajstić information content (AvgIpc) is 2.63. The SMILES string of the molecule is CCOC(=O)c1cnc(SC)n(Cc2ccc(C(=O)OC(C)C)cc2)c1=O. The summed E-state index contributed by atoms with van der Waals surface area (Å²) in [6.07, 6.45) is 2.85. The molecule has 1 aromatic heterocycles. The van der Waals surface area contributed by atoms with Gasteiger partial charge in [0.25, 0.3) is 5.56 Å². The van der Waals surface area contributed by atoms with E-state index in [1.807, 2.05) is 0 Å². The molecule has 27 heavy (non-hydrogen) atoms. The summed E-state index contributed by atoms with van der Waals surface area (Å²) in [7, 11) is 0. The van der Waals surface area contributed by atoms with E-state index in [0.717, 1.165) is 5.56 Å². The van der Waals surface area contributed by atoms with E-state index in [2.05, 4.69) is 4.98 Å². The van der Waals surface area contributed by atoms with Gasteiger partial charge in [-0.3, -0.25) is 9.36 Å². The van der Waals surface area contributed by atoms with Gasteiger partial charge in [0.05, 0.1) is 31.0 Å². The smallest absolute Gasteiger partial charge is 0.345 e. The van der Waals surface area contributed by atoms with Gasteiger partial charge < -0.3 is 9.47 Å². The van der Waals surface area contributed by atoms with Gasteiger partial charge in [0, 0.05) is 0 Å². The van der Waals surface area contributed by atoms with Crippen molar-refractivity contribution < 1.29 is 19.1 Å². The molecule has 0 saturated carbocycles. The van der Waals surface area contributed by atoms with Crippen LogP contribution in [0.2, 0.25) is 0 Å². The standard InChI is InChI=1S/C19H22N2O5S/c1-5-25-18(24)15-10-20-19(27-4)21(16(15)22)11-13-6-8-14(9-7-13)17(23)26-12(2)3/h6-10,12H,5,11H2,1-4H3. The van der Waals surface area contributed by atoms with Crippen LogP contribution in [0.25, 0.3) is 0 Å². The fourth-order valence-corrected chi connectivity index (χ4v) is 2.87. The number of thioether (sulfide) groups is 1. The van der Waals surface area contributed by atoms with Crippen molar-refractivity contribution in [1.29, 1.82) is 0 Å². The fourth-order valence-electron chi connectivity index (χ4n) is 2.34. The van der Waals surface area contributed by atoms with Crippen molar-refractivity contribution >= 4 is 23.7 Å². The highest BCUT2D eigenvalue weighted by Gasteiger charge is 2.17. The van der Waals surface area contributed by atoms with Gasteiger partial charge in [0.15, 0.2) is 5.16 Å². The Kier molecular flexibility index (Phi) is 7.18. The molecule has 7 nitrogen and oxygen atoms in total. The number of hydrogen-bond acceptors (Lipinski definition) is 7. The molecule has 144 valence electrons. The quantitative estimate of drug-likeness (QED) is 0.408. The number of nitrogens with zero attached hydrogens (tertiary/aromatic N) is 2. The number of ether oxygens (including phenoxy) is 2. The molecule has 2 aromatic rings. The fraction of sp³-hybridized carbons (Fsp3) is 0.368. The van der Waals surface area contributed by atoms with Crippen LogP contribution < -0.4 is 5.56 Å². The van der Waals surface area contributed by atoms with Gasteiger partial charge in [-0.15, -0.1) is 0 Å². The molecule has 8 heteroatoms. The van der Waals surface area contributed by atoms with E-state index in [-0.39, 0.29) is 24.8 Å². The van der Waals surface area contributed by atoms with Gasteiger partial charge in [0.1, 0.15) is 5.56 Å². The molecule has 0 radical (unpaired) electrons. The van der Waals surface area contributed by atoms with Crippen LogP contribution in [0, 0.1) is 0 Å². The van der Waals surface area contributed by atoms with E-state index < -0.39 is 17.5 Å². The lowest BCUT2D eigenvalue weighted by atomic mass is 10.1. The molecule has 0 atom stereocenters. The van der Waals surface area contributed by atoms with Crippen LogP contribution in [0.4, 0.5) is 0 Å². The number of esters is 2. The molecule has 0 saturated heterocycles. The zero-order valence-corrected chi connectivity index (χ0v) is 16.5. The summed E-state index contributed by atoms with van der Waals surface area (Å²) < 4.78 is 11.5. The minimum Gasteiger partial charge on any atom is -0.462 e. The molecule has 0 N–H and O–H groups in total. The highest BCUT2D eigenvalue weighted by atomic mass is 32.2. The minimum atomic E-state index is -0.691. The van der Waals surface area contributed by atoms with Crippen LogP contribution >= 0.6 is 11.8 Å². The van der Waals surface area contributed by atoms with E-state index in [4.69, 9.17) is 9.47 Å². The summed E-state index contributed by atoms with van der Waals surface area (Å²) in [6.45, 7) is 5.63. The normalized spacial score (nSPS) is 10.7. The van der Waals surface area contributed by atoms with Crippen molar-refractivity contribution in [2.24, 2.45) is 0 Å². The first-order valence-corrected chi connectivity index (χ1v) is 9.70. The van der Waals surface area contributed by atoms with E-state index >= 15 is 0 Å². The van der Waals surface area contributed by atoms with Crippen LogP contribution in [-0.4, -0.2) is 40.5 Å². The Morgan fingerprint density at radius 2 is 1.85 bits per heavy atom. The van der Waals surface area contributed by atoms with Crippen LogP contribution in [-0.2, 0) is 16.0 Å². The number of carbonyl (C=O) groups is 2. The van der Waals surface area contributed by atoms with Crippen molar-refractivity contribution in [3.8, 4) is 0 Å². The van der Waals surface area contributed by atoms with Crippen LogP contribution in [0.15, 0.2) is 40.4 Å². The van der Waals surface area contributed by atoms with E-state index in [9.17, 15) is 14.4 Å². The number of carbonyl (C=O) groups excluding carboxylic acids is 2. The molecule has 0 amide bonds. The number of benzene rings is 1. The monoisotopic (exact) mass is 390 g/mol. The van der Waals surface area contributed by atoms with Crippen molar-refractivity contribution in [3.05, 3.63) is 57.5 Å². The molecule has 0 spiro atoms. The number of hydrogen-bond donors (Lipinski definition) is 0. The Hall–Kier alpha value is -2.61. The second-order valence-electron chi connectivity index (χ2n) is 5.92. The Morgan fingerprint density at radius 3 is 2.41 bits per heavy atom. The van der Waals surface area contributed by atoms with Gasteiger partial charge >= 0.3 is 11.9 Å². The third kappa shape index (κ3) is 5.19. The maximum atomic E-state index is 12.7. The predicted octanol–water partition coefficient (Wildman–Crippen LogP) is 2.76. The topological polar surface area (TPSA) is 87.5 Å². The Morgan fingerprint density at radius 1 is 1.19 bits per heavy atom. The summed E-state index contributed by atoms with van der Waals surface area (Å²) in [5, 5.41) is 0.483. The molecular weight excluding hydrogens is 368 g/mol. The zero-order valence-electron chi connectivity index (χ0n) is 15.7. The minimum absolute atomic E-state index is 0.105. The van der Waals surface area contributed by atoms with E-state index in [1.54, 1.807) is 51.3 Å². The van der Waals surface area contributed by atoms with E-state index in [0.29, 0.717) is 10.7 Å². The first kappa shape index (κ1) is 20.7. The Labute approximate surface area is 161 Å². The van der Waals surface area contributed by atoms with Gasteiger partial charge in [-0.1, -0.05) is 23.9 Å². The molecule has 0 bridgehead atoms. The molecule has 1 aromatic carbocycles. The third-order valence-corrected chi connectivity index (χ3v) is 4.25. The summed E-state index contributed by atoms with van der Waals surface area (Å²) >= 11 is 1.30. The largest absolute Gasteiger partial charge is 0.462 e. The lowest BCUT2D eigenvalue weighted by Gasteiger charge is -2.12. The van der Waals surface area contributed by atoms with Crippen LogP contribution in [0.5, 0.6) is 0 Å². The van der Waals surface area contributed by atoms with Gasteiger partial charge in [0.2, 0.25) is 0 Å². The van der Waals surface area contributed by atoms with Gasteiger partial charge in [-0.25, -0.2) is 14.6 Å². The summed E-state index contributed by atoms with van der Waals surface area (Å²) in [6, 6.07) is 6.77. The highest BCUT2D eigenvalue weighted by Crippen LogP contribution is 2.14. The first-order chi connectivity index (χ1) is 12.9. The first-order valence-electron chi connectivity index (χ1n) is 8.48. The van der Waals surface area contributed by atoms with Crippen molar-refractivity contribution in [2.45, 2.75) is 38.6 Å². The molecule has 2 rings (SSSR count). The second kappa shape index (κ2) is 9.36. The van der Waals surface area contributed by atoms with E-state index in [1.165, 1.54) is 22.5 Å². The molecule has 0 unspecified atom stereocenters. The van der Waals surface area contributed by atoms with Gasteiger partial charge in [-0.05, 0) is 44.7 Å². The van der Waals surface area contributed by atoms with Crippen molar-refractivity contribution in [1.82, 2.24) is 9.55 Å². The molecule has 0 aliphatic rings. The zero-order chi connectivity index (χ0) is 20.0. The predicted molar refractivity (Wildman–Crippen MR) is 102 cm³/mol. The molecular formula is C19H22N2O5S. The summed E-state index contributed by atoms with van der Waals surface area (Å²) in [5.41, 5.74) is 0.655. The second-order valence-corrected chi connectivity index (χ2v) is 6.69. The third-order valence-electron chi connectivity index (χ3n) is 3.56. The Bertz CT molecular complexity index is 875. The average molecular weight is 390 g/mol. The molecule has 0 aliphatic carbocycles. The van der Waals surface area contributed by atoms with Crippen molar-refractivity contribution in [3.63, 3.8) is 0 Å². The summed E-state index contributed by atoms with van der Waals surface area (Å²) in [5.74, 6) is -1.09. The summed E-state index contributed by atoms with van der Waals surface area (Å²) in [4.78, 5) is 40.7. The maximum Gasteiger partial charge on any atom is 0.345 e. The number of aromatic nitrogens is 2. The van der Waals surface area contributed by atoms with Crippen LogP contribution in [0.3, 0.4) is 0 Å². The molecule has 1 heterocycles. The Balaban J connectivity index is 2.30. The highest BCUT2D eigenvalue weighted by molar-refractivity contribution is 7.98. The lowest BCUT2D eigenvalue weighted by Crippen LogP contribution is -2.29. The van der Waals surface area contributed by atoms with Crippen LogP contribution in [0.1, 0.15) is 47.1 Å².